The summed E-state index contributed by atoms with van der Waals surface area (Å²) in [5.74, 6) is -1.16. The zero-order chi connectivity index (χ0) is 21.3. The molecule has 0 radical (unpaired) electrons. The molecule has 1 aliphatic carbocycles. The second-order valence-electron chi connectivity index (χ2n) is 6.99. The second-order valence-corrected chi connectivity index (χ2v) is 8.88. The van der Waals surface area contributed by atoms with E-state index in [1.807, 2.05) is 24.3 Å². The van der Waals surface area contributed by atoms with Crippen LogP contribution < -0.4 is 10.9 Å². The molecule has 0 aliphatic heterocycles. The topological polar surface area (TPSA) is 98.1 Å². The third-order valence-electron chi connectivity index (χ3n) is 4.99. The molecule has 0 fully saturated rings. The Kier molecular flexibility index (Phi) is 5.21. The Morgan fingerprint density at radius 1 is 1.13 bits per heavy atom. The van der Waals surface area contributed by atoms with Gasteiger partial charge >= 0.3 is 0 Å². The van der Waals surface area contributed by atoms with Gasteiger partial charge in [0.15, 0.2) is 5.03 Å². The number of aromatic nitrogens is 2. The lowest BCUT2D eigenvalue weighted by Crippen LogP contribution is -2.35. The molecule has 0 saturated carbocycles. The van der Waals surface area contributed by atoms with Crippen LogP contribution in [-0.2, 0) is 27.6 Å². The van der Waals surface area contributed by atoms with Gasteiger partial charge in [-0.05, 0) is 48.2 Å². The van der Waals surface area contributed by atoms with Gasteiger partial charge in [-0.25, -0.2) is 17.5 Å². The Hall–Kier alpha value is -3.33. The molecule has 0 unspecified atom stereocenters. The van der Waals surface area contributed by atoms with Crippen molar-refractivity contribution in [1.29, 1.82) is 0 Å². The minimum absolute atomic E-state index is 0.163. The van der Waals surface area contributed by atoms with Crippen LogP contribution in [0.2, 0.25) is 0 Å². The van der Waals surface area contributed by atoms with Crippen LogP contribution in [0.15, 0.2) is 75.4 Å². The number of nitrogens with one attached hydrogen (secondary N) is 1. The molecule has 30 heavy (non-hydrogen) atoms. The Balaban J connectivity index is 1.56. The Bertz CT molecular complexity index is 1290. The van der Waals surface area contributed by atoms with Gasteiger partial charge in [0.05, 0.1) is 10.9 Å². The molecular formula is C21H18FN3O4S. The highest BCUT2D eigenvalue weighted by atomic mass is 32.2. The highest BCUT2D eigenvalue weighted by Gasteiger charge is 2.25. The number of amides is 1. The van der Waals surface area contributed by atoms with Gasteiger partial charge in [-0.1, -0.05) is 30.3 Å². The van der Waals surface area contributed by atoms with E-state index in [4.69, 9.17) is 0 Å². The third-order valence-corrected chi connectivity index (χ3v) is 6.63. The first-order valence-electron chi connectivity index (χ1n) is 9.30. The van der Waals surface area contributed by atoms with Crippen molar-refractivity contribution < 1.29 is 17.6 Å². The van der Waals surface area contributed by atoms with E-state index in [0.717, 1.165) is 47.4 Å². The zero-order valence-corrected chi connectivity index (χ0v) is 16.6. The highest BCUT2D eigenvalue weighted by Crippen LogP contribution is 2.30. The summed E-state index contributed by atoms with van der Waals surface area (Å²) in [5, 5.41) is 6.27. The van der Waals surface area contributed by atoms with Gasteiger partial charge in [0.25, 0.3) is 5.56 Å². The summed E-state index contributed by atoms with van der Waals surface area (Å²) in [6, 6.07) is 14.2. The molecular weight excluding hydrogens is 409 g/mol. The molecule has 1 N–H and O–H groups in total. The van der Waals surface area contributed by atoms with Crippen LogP contribution in [0.3, 0.4) is 0 Å². The maximum Gasteiger partial charge on any atom is 0.267 e. The SMILES string of the molecule is O=C(Cn1nc(S(=O)(=O)c2cccc(F)c2)ccc1=O)N[C@@H]1CCc2ccccc21. The Morgan fingerprint density at radius 3 is 2.73 bits per heavy atom. The average Bonchev–Trinajstić information content (AvgIpc) is 3.12. The van der Waals surface area contributed by atoms with E-state index in [2.05, 4.69) is 10.4 Å². The summed E-state index contributed by atoms with van der Waals surface area (Å²) in [6.45, 7) is -0.427. The first-order valence-corrected chi connectivity index (χ1v) is 10.8. The summed E-state index contributed by atoms with van der Waals surface area (Å²) >= 11 is 0. The number of fused-ring (bicyclic) bond motifs is 1. The van der Waals surface area contributed by atoms with Crippen LogP contribution in [0, 0.1) is 5.82 Å². The van der Waals surface area contributed by atoms with Gasteiger partial charge in [-0.2, -0.15) is 5.10 Å². The molecule has 2 aromatic carbocycles. The van der Waals surface area contributed by atoms with Crippen LogP contribution in [0.5, 0.6) is 0 Å². The predicted octanol–water partition coefficient (Wildman–Crippen LogP) is 2.02. The fraction of sp³-hybridized carbons (Fsp3) is 0.190. The highest BCUT2D eigenvalue weighted by molar-refractivity contribution is 7.91. The van der Waals surface area contributed by atoms with Crippen molar-refractivity contribution >= 4 is 15.7 Å². The lowest BCUT2D eigenvalue weighted by atomic mass is 10.1. The van der Waals surface area contributed by atoms with Gasteiger partial charge in [-0.3, -0.25) is 9.59 Å². The number of halogens is 1. The molecule has 0 spiro atoms. The minimum atomic E-state index is -4.14. The van der Waals surface area contributed by atoms with Crippen LogP contribution >= 0.6 is 0 Å². The van der Waals surface area contributed by atoms with E-state index in [1.165, 1.54) is 17.7 Å². The number of carbonyl (C=O) groups excluding carboxylic acids is 1. The minimum Gasteiger partial charge on any atom is -0.348 e. The molecule has 0 saturated heterocycles. The molecule has 9 heteroatoms. The fourth-order valence-corrected chi connectivity index (χ4v) is 4.74. The standard InChI is InChI=1S/C21H18FN3O4S/c22-15-5-3-6-16(12-15)30(28,29)20-10-11-21(27)25(24-20)13-19(26)23-18-9-8-14-4-1-2-7-17(14)18/h1-7,10-12,18H,8-9,13H2,(H,23,26)/t18-/m1/s1. The van der Waals surface area contributed by atoms with Crippen molar-refractivity contribution in [2.24, 2.45) is 0 Å². The van der Waals surface area contributed by atoms with E-state index in [9.17, 15) is 22.4 Å². The summed E-state index contributed by atoms with van der Waals surface area (Å²) in [4.78, 5) is 24.3. The number of hydrogen-bond donors (Lipinski definition) is 1. The zero-order valence-electron chi connectivity index (χ0n) is 15.8. The number of nitrogens with zero attached hydrogens (tertiary/aromatic N) is 2. The fourth-order valence-electron chi connectivity index (χ4n) is 3.52. The van der Waals surface area contributed by atoms with Gasteiger partial charge in [-0.15, -0.1) is 0 Å². The van der Waals surface area contributed by atoms with Crippen molar-refractivity contribution in [3.8, 4) is 0 Å². The quantitative estimate of drug-likeness (QED) is 0.672. The first kappa shape index (κ1) is 20.0. The first-order chi connectivity index (χ1) is 14.3. The normalized spacial score (nSPS) is 15.6. The Morgan fingerprint density at radius 2 is 1.93 bits per heavy atom. The Labute approximate surface area is 172 Å². The van der Waals surface area contributed by atoms with Crippen molar-refractivity contribution in [1.82, 2.24) is 15.1 Å². The number of carbonyl (C=O) groups is 1. The number of sulfone groups is 1. The lowest BCUT2D eigenvalue weighted by molar-refractivity contribution is -0.122. The summed E-state index contributed by atoms with van der Waals surface area (Å²) in [7, 11) is -4.14. The molecule has 1 aliphatic rings. The van der Waals surface area contributed by atoms with Crippen molar-refractivity contribution in [2.75, 3.05) is 0 Å². The molecule has 0 bridgehead atoms. The molecule has 154 valence electrons. The maximum absolute atomic E-state index is 13.4. The lowest BCUT2D eigenvalue weighted by Gasteiger charge is -2.14. The third kappa shape index (κ3) is 3.88. The largest absolute Gasteiger partial charge is 0.348 e. The van der Waals surface area contributed by atoms with Crippen molar-refractivity contribution in [3.63, 3.8) is 0 Å². The number of rotatable bonds is 5. The van der Waals surface area contributed by atoms with Crippen LogP contribution in [0.25, 0.3) is 0 Å². The van der Waals surface area contributed by atoms with E-state index < -0.39 is 38.7 Å². The summed E-state index contributed by atoms with van der Waals surface area (Å²) in [6.07, 6.45) is 1.60. The summed E-state index contributed by atoms with van der Waals surface area (Å²) in [5.41, 5.74) is 1.59. The monoisotopic (exact) mass is 427 g/mol. The number of hydrogen-bond acceptors (Lipinski definition) is 5. The van der Waals surface area contributed by atoms with Gasteiger partial charge < -0.3 is 5.32 Å². The van der Waals surface area contributed by atoms with E-state index in [-0.39, 0.29) is 10.9 Å². The van der Waals surface area contributed by atoms with Crippen molar-refractivity contribution in [3.05, 3.63) is 88.0 Å². The number of benzene rings is 2. The van der Waals surface area contributed by atoms with E-state index in [0.29, 0.717) is 0 Å². The molecule has 7 nitrogen and oxygen atoms in total. The molecule has 1 amide bonds. The van der Waals surface area contributed by atoms with E-state index in [1.54, 1.807) is 0 Å². The van der Waals surface area contributed by atoms with Crippen LogP contribution in [0.4, 0.5) is 4.39 Å². The number of aryl methyl sites for hydroxylation is 1. The predicted molar refractivity (Wildman–Crippen MR) is 106 cm³/mol. The molecule has 1 heterocycles. The molecule has 4 rings (SSSR count). The van der Waals surface area contributed by atoms with Crippen LogP contribution in [-0.4, -0.2) is 24.1 Å². The smallest absolute Gasteiger partial charge is 0.267 e. The van der Waals surface area contributed by atoms with Gasteiger partial charge in [0.1, 0.15) is 12.4 Å². The molecule has 1 aromatic heterocycles. The molecule has 1 atom stereocenters. The van der Waals surface area contributed by atoms with Crippen molar-refractivity contribution in [2.45, 2.75) is 35.3 Å². The molecule has 3 aromatic rings. The van der Waals surface area contributed by atoms with Crippen LogP contribution in [0.1, 0.15) is 23.6 Å². The van der Waals surface area contributed by atoms with Gasteiger partial charge in [0.2, 0.25) is 15.7 Å². The average molecular weight is 427 g/mol. The van der Waals surface area contributed by atoms with Gasteiger partial charge in [0, 0.05) is 6.07 Å². The second kappa shape index (κ2) is 7.83. The summed E-state index contributed by atoms with van der Waals surface area (Å²) < 4.78 is 39.6. The maximum atomic E-state index is 13.4. The van der Waals surface area contributed by atoms with E-state index >= 15 is 0 Å².